The van der Waals surface area contributed by atoms with E-state index in [1.54, 1.807) is 30.9 Å². The van der Waals surface area contributed by atoms with Crippen LogP contribution < -0.4 is 11.0 Å². The zero-order valence-electron chi connectivity index (χ0n) is 7.15. The highest BCUT2D eigenvalue weighted by Crippen LogP contribution is 2.39. The van der Waals surface area contributed by atoms with Crippen molar-refractivity contribution in [1.29, 1.82) is 0 Å². The molecule has 0 aliphatic rings. The topological polar surface area (TPSA) is 52.3 Å². The minimum atomic E-state index is -2.60. The van der Waals surface area contributed by atoms with Gasteiger partial charge in [0.25, 0.3) is 0 Å². The van der Waals surface area contributed by atoms with Crippen molar-refractivity contribution in [3.8, 4) is 0 Å². The van der Waals surface area contributed by atoms with Crippen molar-refractivity contribution in [1.82, 2.24) is 0 Å². The van der Waals surface area contributed by atoms with E-state index in [1.807, 2.05) is 0 Å². The van der Waals surface area contributed by atoms with Gasteiger partial charge in [-0.3, -0.25) is 4.57 Å². The van der Waals surface area contributed by atoms with Crippen LogP contribution in [-0.2, 0) is 9.09 Å². The molecule has 0 aromatic heterocycles. The number of nitrogens with two attached hydrogens (primary N) is 1. The van der Waals surface area contributed by atoms with E-state index >= 15 is 0 Å². The summed E-state index contributed by atoms with van der Waals surface area (Å²) in [4.78, 5) is 0. The van der Waals surface area contributed by atoms with Crippen molar-refractivity contribution in [2.24, 2.45) is 0 Å². The molecule has 2 N–H and O–H groups in total. The lowest BCUT2D eigenvalue weighted by molar-refractivity contribution is 0.408. The Morgan fingerprint density at radius 1 is 1.33 bits per heavy atom. The largest absolute Gasteiger partial charge is 0.399 e. The minimum absolute atomic E-state index is 0.662. The Kier molecular flexibility index (Phi) is 2.55. The van der Waals surface area contributed by atoms with Gasteiger partial charge in [0, 0.05) is 24.8 Å². The first kappa shape index (κ1) is 9.30. The molecule has 0 bridgehead atoms. The summed E-state index contributed by atoms with van der Waals surface area (Å²) >= 11 is 0. The van der Waals surface area contributed by atoms with Crippen molar-refractivity contribution < 1.29 is 9.09 Å². The standard InChI is InChI=1S/C8H12NO2P/c1-11-12(2,10)8-5-3-7(9)4-6-8/h3-6H,9H2,1-2H3/t12-/m1/s1. The van der Waals surface area contributed by atoms with Gasteiger partial charge in [0.05, 0.1) is 0 Å². The highest BCUT2D eigenvalue weighted by atomic mass is 31.2. The first-order valence-corrected chi connectivity index (χ1v) is 5.63. The van der Waals surface area contributed by atoms with E-state index in [9.17, 15) is 4.57 Å². The lowest BCUT2D eigenvalue weighted by Gasteiger charge is -2.10. The molecule has 0 aliphatic carbocycles. The normalized spacial score (nSPS) is 15.5. The molecule has 1 aromatic carbocycles. The molecule has 0 spiro atoms. The second-order valence-electron chi connectivity index (χ2n) is 2.62. The zero-order valence-corrected chi connectivity index (χ0v) is 8.04. The third kappa shape index (κ3) is 1.87. The predicted octanol–water partition coefficient (Wildman–Crippen LogP) is 1.45. The summed E-state index contributed by atoms with van der Waals surface area (Å²) in [5, 5.41) is 0.694. The Bertz CT molecular complexity index is 307. The van der Waals surface area contributed by atoms with Crippen LogP contribution >= 0.6 is 7.37 Å². The van der Waals surface area contributed by atoms with E-state index in [0.717, 1.165) is 0 Å². The fourth-order valence-electron chi connectivity index (χ4n) is 0.851. The van der Waals surface area contributed by atoms with Gasteiger partial charge in [-0.25, -0.2) is 0 Å². The molecule has 0 amide bonds. The molecule has 0 saturated carbocycles. The molecule has 0 saturated heterocycles. The van der Waals surface area contributed by atoms with Crippen LogP contribution in [0.1, 0.15) is 0 Å². The molecule has 0 unspecified atom stereocenters. The van der Waals surface area contributed by atoms with E-state index in [4.69, 9.17) is 10.3 Å². The highest BCUT2D eigenvalue weighted by molar-refractivity contribution is 7.66. The maximum atomic E-state index is 11.6. The summed E-state index contributed by atoms with van der Waals surface area (Å²) in [6, 6.07) is 6.87. The van der Waals surface area contributed by atoms with Crippen LogP contribution in [0.4, 0.5) is 5.69 Å². The smallest absolute Gasteiger partial charge is 0.228 e. The summed E-state index contributed by atoms with van der Waals surface area (Å²) in [6.45, 7) is 1.58. The van der Waals surface area contributed by atoms with Crippen molar-refractivity contribution >= 4 is 18.4 Å². The van der Waals surface area contributed by atoms with E-state index < -0.39 is 7.37 Å². The molecule has 66 valence electrons. The van der Waals surface area contributed by atoms with Gasteiger partial charge >= 0.3 is 0 Å². The van der Waals surface area contributed by atoms with Crippen LogP contribution in [0, 0.1) is 0 Å². The molecule has 4 heteroatoms. The van der Waals surface area contributed by atoms with Crippen LogP contribution in [0.3, 0.4) is 0 Å². The van der Waals surface area contributed by atoms with E-state index in [2.05, 4.69) is 0 Å². The maximum Gasteiger partial charge on any atom is 0.228 e. The quantitative estimate of drug-likeness (QED) is 0.560. The molecule has 0 fully saturated rings. The van der Waals surface area contributed by atoms with Gasteiger partial charge in [-0.15, -0.1) is 0 Å². The Balaban J connectivity index is 3.05. The fraction of sp³-hybridized carbons (Fsp3) is 0.250. The van der Waals surface area contributed by atoms with Crippen LogP contribution in [0.5, 0.6) is 0 Å². The van der Waals surface area contributed by atoms with Crippen LogP contribution in [0.2, 0.25) is 0 Å². The summed E-state index contributed by atoms with van der Waals surface area (Å²) in [6.07, 6.45) is 0. The zero-order chi connectivity index (χ0) is 9.19. The van der Waals surface area contributed by atoms with Crippen LogP contribution in [0.25, 0.3) is 0 Å². The molecular formula is C8H12NO2P. The first-order chi connectivity index (χ1) is 5.56. The minimum Gasteiger partial charge on any atom is -0.399 e. The Labute approximate surface area is 72.0 Å². The van der Waals surface area contributed by atoms with Gasteiger partial charge in [-0.05, 0) is 24.3 Å². The van der Waals surface area contributed by atoms with Gasteiger partial charge in [0.2, 0.25) is 7.37 Å². The van der Waals surface area contributed by atoms with Crippen molar-refractivity contribution in [3.05, 3.63) is 24.3 Å². The van der Waals surface area contributed by atoms with E-state index in [-0.39, 0.29) is 0 Å². The number of hydrogen-bond acceptors (Lipinski definition) is 3. The molecular weight excluding hydrogens is 173 g/mol. The summed E-state index contributed by atoms with van der Waals surface area (Å²) < 4.78 is 16.5. The number of nitrogen functional groups attached to an aromatic ring is 1. The molecule has 0 radical (unpaired) electrons. The summed E-state index contributed by atoms with van der Waals surface area (Å²) in [7, 11) is -1.16. The predicted molar refractivity (Wildman–Crippen MR) is 51.0 cm³/mol. The Hall–Kier alpha value is -0.790. The van der Waals surface area contributed by atoms with Crippen molar-refractivity contribution in [2.75, 3.05) is 19.5 Å². The van der Waals surface area contributed by atoms with Crippen molar-refractivity contribution in [3.63, 3.8) is 0 Å². The first-order valence-electron chi connectivity index (χ1n) is 3.55. The third-order valence-corrected chi connectivity index (χ3v) is 3.64. The van der Waals surface area contributed by atoms with Gasteiger partial charge < -0.3 is 10.3 Å². The average Bonchev–Trinajstić information content (AvgIpc) is 2.05. The molecule has 0 heterocycles. The second-order valence-corrected chi connectivity index (χ2v) is 5.19. The molecule has 1 atom stereocenters. The number of rotatable bonds is 2. The van der Waals surface area contributed by atoms with Crippen LogP contribution in [0.15, 0.2) is 24.3 Å². The SMILES string of the molecule is CO[P@@](C)(=O)c1ccc(N)cc1. The maximum absolute atomic E-state index is 11.6. The van der Waals surface area contributed by atoms with Gasteiger partial charge in [-0.2, -0.15) is 0 Å². The third-order valence-electron chi connectivity index (χ3n) is 1.71. The monoisotopic (exact) mass is 185 g/mol. The van der Waals surface area contributed by atoms with Gasteiger partial charge in [0.1, 0.15) is 0 Å². The lowest BCUT2D eigenvalue weighted by Crippen LogP contribution is -2.04. The number of anilines is 1. The Morgan fingerprint density at radius 3 is 2.25 bits per heavy atom. The van der Waals surface area contributed by atoms with Crippen molar-refractivity contribution in [2.45, 2.75) is 0 Å². The fourth-order valence-corrected chi connectivity index (χ4v) is 1.75. The molecule has 1 rings (SSSR count). The molecule has 3 nitrogen and oxygen atoms in total. The van der Waals surface area contributed by atoms with E-state index in [1.165, 1.54) is 7.11 Å². The van der Waals surface area contributed by atoms with E-state index in [0.29, 0.717) is 11.0 Å². The molecule has 12 heavy (non-hydrogen) atoms. The average molecular weight is 185 g/mol. The molecule has 0 aliphatic heterocycles. The van der Waals surface area contributed by atoms with Gasteiger partial charge in [-0.1, -0.05) is 0 Å². The van der Waals surface area contributed by atoms with Crippen LogP contribution in [-0.4, -0.2) is 13.8 Å². The number of hydrogen-bond donors (Lipinski definition) is 1. The summed E-state index contributed by atoms with van der Waals surface area (Å²) in [5.74, 6) is 0. The Morgan fingerprint density at radius 2 is 1.83 bits per heavy atom. The lowest BCUT2D eigenvalue weighted by atomic mass is 10.3. The second kappa shape index (κ2) is 3.30. The molecule has 1 aromatic rings. The number of benzene rings is 1. The highest BCUT2D eigenvalue weighted by Gasteiger charge is 2.15. The summed E-state index contributed by atoms with van der Waals surface area (Å²) in [5.41, 5.74) is 6.14. The van der Waals surface area contributed by atoms with Gasteiger partial charge in [0.15, 0.2) is 0 Å².